The van der Waals surface area contributed by atoms with Gasteiger partial charge in [0.2, 0.25) is 5.91 Å². The first-order chi connectivity index (χ1) is 19.1. The molecule has 1 amide bonds. The number of nitrogens with zero attached hydrogens (tertiary/aromatic N) is 6. The largest absolute Gasteiger partial charge is 0.382 e. The van der Waals surface area contributed by atoms with Gasteiger partial charge in [0.05, 0.1) is 6.33 Å². The number of nitrogen functional groups attached to an aromatic ring is 1. The third-order valence-electron chi connectivity index (χ3n) is 8.55. The Balaban J connectivity index is 1.21. The van der Waals surface area contributed by atoms with E-state index in [1.807, 2.05) is 23.3 Å². The number of benzene rings is 2. The lowest BCUT2D eigenvalue weighted by Gasteiger charge is -2.34. The predicted octanol–water partition coefficient (Wildman–Crippen LogP) is 5.18. The first-order valence-electron chi connectivity index (χ1n) is 13.7. The number of rotatable bonds is 5. The summed E-state index contributed by atoms with van der Waals surface area (Å²) in [6.07, 6.45) is 12.9. The Labute approximate surface area is 227 Å². The van der Waals surface area contributed by atoms with Gasteiger partial charge in [0, 0.05) is 66.9 Å². The fourth-order valence-corrected chi connectivity index (χ4v) is 6.34. The Morgan fingerprint density at radius 2 is 1.87 bits per heavy atom. The summed E-state index contributed by atoms with van der Waals surface area (Å²) in [4.78, 5) is 28.2. The molecule has 196 valence electrons. The highest BCUT2D eigenvalue weighted by atomic mass is 16.2. The van der Waals surface area contributed by atoms with E-state index in [-0.39, 0.29) is 17.7 Å². The quantitative estimate of drug-likeness (QED) is 0.347. The van der Waals surface area contributed by atoms with E-state index in [0.29, 0.717) is 18.3 Å². The van der Waals surface area contributed by atoms with E-state index in [4.69, 9.17) is 10.7 Å². The maximum Gasteiger partial charge on any atom is 0.222 e. The number of aromatic nitrogens is 5. The number of nitrogens with two attached hydrogens (primary N) is 1. The number of anilines is 1. The third-order valence-corrected chi connectivity index (χ3v) is 8.55. The van der Waals surface area contributed by atoms with Crippen LogP contribution >= 0.6 is 0 Å². The molecule has 0 unspecified atom stereocenters. The molecule has 0 bridgehead atoms. The molecule has 2 aromatic carbocycles. The highest BCUT2D eigenvalue weighted by Gasteiger charge is 2.38. The van der Waals surface area contributed by atoms with Crippen LogP contribution in [0.5, 0.6) is 0 Å². The molecule has 39 heavy (non-hydrogen) atoms. The van der Waals surface area contributed by atoms with Crippen LogP contribution < -0.4 is 5.73 Å². The first-order valence-corrected chi connectivity index (χ1v) is 13.7. The molecular formula is C31H31N7O. The summed E-state index contributed by atoms with van der Waals surface area (Å²) >= 11 is 0. The molecule has 8 heteroatoms. The maximum atomic E-state index is 12.5. The van der Waals surface area contributed by atoms with Gasteiger partial charge in [-0.15, -0.1) is 0 Å². The molecule has 5 heterocycles. The second kappa shape index (κ2) is 9.38. The molecule has 2 fully saturated rings. The van der Waals surface area contributed by atoms with Crippen molar-refractivity contribution in [1.82, 2.24) is 28.8 Å². The van der Waals surface area contributed by atoms with Crippen molar-refractivity contribution in [1.29, 1.82) is 0 Å². The smallest absolute Gasteiger partial charge is 0.222 e. The molecule has 2 aliphatic rings. The third kappa shape index (κ3) is 4.07. The van der Waals surface area contributed by atoms with Gasteiger partial charge >= 0.3 is 0 Å². The van der Waals surface area contributed by atoms with Crippen molar-refractivity contribution in [3.8, 4) is 16.9 Å². The first kappa shape index (κ1) is 23.6. The van der Waals surface area contributed by atoms with E-state index in [9.17, 15) is 4.79 Å². The Morgan fingerprint density at radius 3 is 2.69 bits per heavy atom. The van der Waals surface area contributed by atoms with Crippen LogP contribution in [0.2, 0.25) is 0 Å². The second-order valence-corrected chi connectivity index (χ2v) is 10.8. The van der Waals surface area contributed by atoms with Gasteiger partial charge in [-0.05, 0) is 42.5 Å². The number of hydrogen-bond donors (Lipinski definition) is 1. The second-order valence-electron chi connectivity index (χ2n) is 10.8. The Bertz CT molecular complexity index is 1650. The number of carbonyl (C=O) groups is 1. The monoisotopic (exact) mass is 517 g/mol. The van der Waals surface area contributed by atoms with Gasteiger partial charge in [0.15, 0.2) is 0 Å². The van der Waals surface area contributed by atoms with Crippen molar-refractivity contribution in [2.75, 3.05) is 12.3 Å². The lowest BCUT2D eigenvalue weighted by atomic mass is 9.92. The molecule has 0 spiro atoms. The molecule has 3 atom stereocenters. The standard InChI is InChI=1S/C31H31N7O/c1-20(23-3-2-4-26(17-23)36-15-13-33-19-36)21-5-7-22(8-6-21)28-29-30(32)34-14-16-37(29)31(35-28)24-9-10-25-11-12-27(39)38(25)18-24/h2-8,13-17,19-20,24-25H,9-12,18H2,1H3,(H2,32,34)/t20-,24+,25-/m0/s1. The van der Waals surface area contributed by atoms with Gasteiger partial charge < -0.3 is 15.2 Å². The number of hydrogen-bond acceptors (Lipinski definition) is 5. The van der Waals surface area contributed by atoms with Crippen LogP contribution in [-0.2, 0) is 4.79 Å². The summed E-state index contributed by atoms with van der Waals surface area (Å²) in [5.74, 6) is 2.09. The summed E-state index contributed by atoms with van der Waals surface area (Å²) in [6, 6.07) is 17.6. The van der Waals surface area contributed by atoms with Crippen LogP contribution in [-0.4, -0.2) is 47.3 Å². The highest BCUT2D eigenvalue weighted by molar-refractivity contribution is 5.85. The van der Waals surface area contributed by atoms with Crippen LogP contribution in [0.4, 0.5) is 5.82 Å². The Kier molecular flexibility index (Phi) is 5.68. The van der Waals surface area contributed by atoms with E-state index >= 15 is 0 Å². The average Bonchev–Trinajstić information content (AvgIpc) is 3.73. The van der Waals surface area contributed by atoms with E-state index in [2.05, 4.69) is 74.7 Å². The summed E-state index contributed by atoms with van der Waals surface area (Å²) in [6.45, 7) is 2.95. The van der Waals surface area contributed by atoms with Crippen LogP contribution in [0.15, 0.2) is 79.6 Å². The van der Waals surface area contributed by atoms with Crippen molar-refractivity contribution < 1.29 is 4.79 Å². The van der Waals surface area contributed by atoms with Crippen molar-refractivity contribution in [2.45, 2.75) is 50.5 Å². The Hall–Kier alpha value is -4.46. The summed E-state index contributed by atoms with van der Waals surface area (Å²) in [7, 11) is 0. The van der Waals surface area contributed by atoms with Crippen LogP contribution in [0.3, 0.4) is 0 Å². The van der Waals surface area contributed by atoms with Crippen LogP contribution in [0.25, 0.3) is 22.5 Å². The summed E-state index contributed by atoms with van der Waals surface area (Å²) in [5.41, 5.74) is 12.6. The Morgan fingerprint density at radius 1 is 1.00 bits per heavy atom. The van der Waals surface area contributed by atoms with Crippen molar-refractivity contribution in [3.63, 3.8) is 0 Å². The molecular weight excluding hydrogens is 486 g/mol. The zero-order valence-corrected chi connectivity index (χ0v) is 21.9. The fourth-order valence-electron chi connectivity index (χ4n) is 6.34. The number of amides is 1. The van der Waals surface area contributed by atoms with Gasteiger partial charge in [-0.2, -0.15) is 0 Å². The molecule has 7 rings (SSSR count). The fraction of sp³-hybridized carbons (Fsp3) is 0.290. The summed E-state index contributed by atoms with van der Waals surface area (Å²) < 4.78 is 4.10. The van der Waals surface area contributed by atoms with Gasteiger partial charge in [-0.1, -0.05) is 43.3 Å². The van der Waals surface area contributed by atoms with Crippen molar-refractivity contribution in [3.05, 3.63) is 96.6 Å². The molecule has 2 saturated heterocycles. The summed E-state index contributed by atoms with van der Waals surface area (Å²) in [5, 5.41) is 0. The molecule has 5 aromatic rings. The zero-order valence-electron chi connectivity index (χ0n) is 21.9. The number of imidazole rings is 2. The minimum Gasteiger partial charge on any atom is -0.382 e. The maximum absolute atomic E-state index is 12.5. The molecule has 2 aliphatic heterocycles. The lowest BCUT2D eigenvalue weighted by Crippen LogP contribution is -2.41. The SMILES string of the molecule is C[C@@H](c1ccc(-c2nc([C@@H]3CC[C@H]4CCC(=O)N4C3)n3ccnc(N)c23)cc1)c1cccc(-n2ccnc2)c1. The molecule has 3 aromatic heterocycles. The van der Waals surface area contributed by atoms with Gasteiger partial charge in [0.25, 0.3) is 0 Å². The molecule has 8 nitrogen and oxygen atoms in total. The number of piperidine rings is 1. The van der Waals surface area contributed by atoms with Crippen LogP contribution in [0, 0.1) is 0 Å². The molecule has 0 saturated carbocycles. The normalized spacial score (nSPS) is 19.9. The van der Waals surface area contributed by atoms with Crippen molar-refractivity contribution >= 4 is 17.2 Å². The van der Waals surface area contributed by atoms with E-state index in [1.54, 1.807) is 12.4 Å². The number of fused-ring (bicyclic) bond motifs is 2. The topological polar surface area (TPSA) is 94.3 Å². The van der Waals surface area contributed by atoms with Gasteiger partial charge in [-0.25, -0.2) is 15.0 Å². The average molecular weight is 518 g/mol. The van der Waals surface area contributed by atoms with E-state index in [0.717, 1.165) is 54.1 Å². The molecule has 2 N–H and O–H groups in total. The van der Waals surface area contributed by atoms with Crippen LogP contribution in [0.1, 0.15) is 61.4 Å². The van der Waals surface area contributed by atoms with E-state index in [1.165, 1.54) is 11.1 Å². The van der Waals surface area contributed by atoms with Gasteiger partial charge in [-0.3, -0.25) is 9.20 Å². The zero-order chi connectivity index (χ0) is 26.5. The predicted molar refractivity (Wildman–Crippen MR) is 151 cm³/mol. The minimum atomic E-state index is 0.174. The van der Waals surface area contributed by atoms with Gasteiger partial charge in [0.1, 0.15) is 22.9 Å². The lowest BCUT2D eigenvalue weighted by molar-refractivity contribution is -0.130. The molecule has 0 aliphatic carbocycles. The van der Waals surface area contributed by atoms with Crippen molar-refractivity contribution in [2.24, 2.45) is 0 Å². The van der Waals surface area contributed by atoms with E-state index < -0.39 is 0 Å². The molecule has 0 radical (unpaired) electrons. The highest BCUT2D eigenvalue weighted by Crippen LogP contribution is 2.38. The minimum absolute atomic E-state index is 0.174. The number of carbonyl (C=O) groups excluding carboxylic acids is 1.